The molecule has 3 aliphatic heterocycles. The van der Waals surface area contributed by atoms with E-state index in [1.165, 1.54) is 4.90 Å². The van der Waals surface area contributed by atoms with Crippen LogP contribution in [0.15, 0.2) is 24.3 Å². The molecule has 0 bridgehead atoms. The van der Waals surface area contributed by atoms with Gasteiger partial charge in [0.05, 0.1) is 32.2 Å². The maximum absolute atomic E-state index is 13.3. The molecule has 25 heteroatoms. The molecular formula is C44H64GdN9O14S-. The van der Waals surface area contributed by atoms with Crippen molar-refractivity contribution in [2.45, 2.75) is 77.4 Å². The zero-order valence-corrected chi connectivity index (χ0v) is 42.0. The fourth-order valence-corrected chi connectivity index (χ4v) is 8.44. The predicted octanol–water partition coefficient (Wildman–Crippen LogP) is -0.143. The summed E-state index contributed by atoms with van der Waals surface area (Å²) >= 11 is 1.57. The molecule has 0 spiro atoms. The van der Waals surface area contributed by atoms with E-state index in [0.29, 0.717) is 36.1 Å². The van der Waals surface area contributed by atoms with Gasteiger partial charge in [0.25, 0.3) is 5.97 Å². The average Bonchev–Trinajstić information content (AvgIpc) is 3.75. The van der Waals surface area contributed by atoms with E-state index in [9.17, 15) is 63.3 Å². The van der Waals surface area contributed by atoms with Crippen molar-refractivity contribution in [3.63, 3.8) is 0 Å². The minimum Gasteiger partial charge on any atom is -0.617 e. The van der Waals surface area contributed by atoms with Crippen LogP contribution in [0.4, 0.5) is 10.5 Å². The van der Waals surface area contributed by atoms with Crippen LogP contribution >= 0.6 is 11.8 Å². The largest absolute Gasteiger partial charge is 0.617 e. The molecule has 0 radical (unpaired) electrons. The average molecular weight is 1130 g/mol. The van der Waals surface area contributed by atoms with Gasteiger partial charge in [-0.2, -0.15) is 11.8 Å². The summed E-state index contributed by atoms with van der Waals surface area (Å²) in [4.78, 5) is 132. The Bertz CT molecular complexity index is 1970. The number of carboxylic acids is 3. The number of unbranched alkanes of at least 4 members (excludes halogenated alkanes) is 1. The van der Waals surface area contributed by atoms with Crippen LogP contribution in [0.2, 0.25) is 0 Å². The van der Waals surface area contributed by atoms with Crippen LogP contribution in [0, 0.1) is 52.1 Å². The quantitative estimate of drug-likeness (QED) is 0.0290. The zero-order chi connectivity index (χ0) is 49.8. The Hall–Kier alpha value is -4.37. The summed E-state index contributed by atoms with van der Waals surface area (Å²) in [6, 6.07) is 3.79. The number of hydrogen-bond donors (Lipinski definition) is 7. The number of hydrogen-bond acceptors (Lipinski definition) is 16. The normalized spacial score (nSPS) is 18.7. The van der Waals surface area contributed by atoms with Crippen molar-refractivity contribution >= 4 is 76.8 Å². The molecule has 23 nitrogen and oxygen atoms in total. The van der Waals surface area contributed by atoms with Crippen molar-refractivity contribution in [1.82, 2.24) is 40.4 Å². The van der Waals surface area contributed by atoms with Crippen molar-refractivity contribution in [3.8, 4) is 0 Å². The Morgan fingerprint density at radius 1 is 0.797 bits per heavy atom. The number of anilines is 1. The number of benzene rings is 1. The fourth-order valence-electron chi connectivity index (χ4n) is 7.75. The molecule has 1 aromatic rings. The minimum atomic E-state index is -1.26. The van der Waals surface area contributed by atoms with Crippen molar-refractivity contribution in [2.24, 2.45) is 5.92 Å². The Morgan fingerprint density at radius 2 is 1.43 bits per heavy atom. The van der Waals surface area contributed by atoms with E-state index in [-0.39, 0.29) is 181 Å². The molecule has 3 heterocycles. The molecular weight excluding hydrogens is 1070 g/mol. The summed E-state index contributed by atoms with van der Waals surface area (Å²) in [5.41, 5.74) is 1.09. The van der Waals surface area contributed by atoms with Gasteiger partial charge in [0.1, 0.15) is 6.04 Å². The second-order valence-electron chi connectivity index (χ2n) is 16.9. The first kappa shape index (κ1) is 58.9. The van der Waals surface area contributed by atoms with Gasteiger partial charge in [-0.15, -0.1) is 0 Å². The molecule has 3 saturated heterocycles. The number of thioether (sulfide) groups is 1. The van der Waals surface area contributed by atoms with Gasteiger partial charge < -0.3 is 51.1 Å². The summed E-state index contributed by atoms with van der Waals surface area (Å²) in [6.07, 6.45) is 0.969. The number of urea groups is 1. The van der Waals surface area contributed by atoms with E-state index in [1.54, 1.807) is 62.6 Å². The van der Waals surface area contributed by atoms with Gasteiger partial charge in [-0.1, -0.05) is 38.8 Å². The first-order valence-corrected chi connectivity index (χ1v) is 23.9. The molecule has 1 aromatic carbocycles. The predicted molar refractivity (Wildman–Crippen MR) is 246 cm³/mol. The number of ether oxygens (including phenoxy) is 1. The SMILES string of the molecule is CCSCC[C@H](NC(=O)Nc1ccc(CNC(=O)CN2CCN(CC(=O)O)CCN(CC(=O)O)CCN3CC(=O)O[C-]3C2)cc1)C(=O)CCC(=O)N[C@@H](CCCCN1C(=O)CC(C)C1=O)C(=O)O.[Gd]. The molecule has 3 aliphatic rings. The number of aliphatic carboxylic acids is 3. The maximum atomic E-state index is 13.3. The molecule has 0 saturated carbocycles. The van der Waals surface area contributed by atoms with Crippen LogP contribution in [-0.4, -0.2) is 201 Å². The first-order valence-electron chi connectivity index (χ1n) is 22.7. The number of rotatable bonds is 25. The van der Waals surface area contributed by atoms with Crippen molar-refractivity contribution in [2.75, 3.05) is 95.4 Å². The Kier molecular flexibility index (Phi) is 26.0. The molecule has 6 amide bonds. The molecule has 69 heavy (non-hydrogen) atoms. The summed E-state index contributed by atoms with van der Waals surface area (Å²) in [6.45, 7) is 4.90. The fraction of sp³-hybridized carbons (Fsp3) is 0.614. The third-order valence-corrected chi connectivity index (χ3v) is 12.4. The van der Waals surface area contributed by atoms with Crippen LogP contribution in [0.25, 0.3) is 0 Å². The van der Waals surface area contributed by atoms with E-state index in [1.807, 2.05) is 6.92 Å². The third kappa shape index (κ3) is 21.3. The van der Waals surface area contributed by atoms with Gasteiger partial charge in [0.2, 0.25) is 23.6 Å². The number of amides is 6. The molecule has 0 aliphatic carbocycles. The number of nitrogens with one attached hydrogen (secondary N) is 4. The smallest absolute Gasteiger partial charge is 0.326 e. The Balaban J connectivity index is 0.0000126. The molecule has 384 valence electrons. The van der Waals surface area contributed by atoms with Crippen LogP contribution in [-0.2, 0) is 54.4 Å². The minimum absolute atomic E-state index is 0. The number of fused-ring (bicyclic) bond motifs is 1. The molecule has 0 aromatic heterocycles. The monoisotopic (exact) mass is 1130 g/mol. The number of ketones is 1. The third-order valence-electron chi connectivity index (χ3n) is 11.5. The standard InChI is InChI=1S/C44H64N9O14S.Gd/c1-3-68-21-13-32(34(54)11-12-35(55)47-33(43(64)65)6-4-5-14-53-37(57)22-29(2)42(53)63)48-44(66)46-31-9-7-30(8-10-31)23-45-36(56)24-51-18-17-49(26-39(58)59)15-16-50(27-40(60)61)19-20-52-28-41(62)67-38(52)25-51;/h7-10,29,32-33H,3-6,11-28H2,1-2H3,(H,45,56)(H,47,55)(H,58,59)(H,60,61)(H,64,65)(H2,46,48,66);/q-1;/t29?,32-,33-;/m0./s1. The molecule has 1 unspecified atom stereocenters. The van der Waals surface area contributed by atoms with Gasteiger partial charge in [-0.25, -0.2) is 9.59 Å². The van der Waals surface area contributed by atoms with Crippen LogP contribution in [0.1, 0.15) is 64.4 Å². The topological polar surface area (TPSA) is 305 Å². The molecule has 3 atom stereocenters. The van der Waals surface area contributed by atoms with Crippen molar-refractivity contribution in [1.29, 1.82) is 0 Å². The van der Waals surface area contributed by atoms with E-state index in [4.69, 9.17) is 4.74 Å². The van der Waals surface area contributed by atoms with E-state index in [0.717, 1.165) is 5.75 Å². The van der Waals surface area contributed by atoms with Crippen LogP contribution in [0.3, 0.4) is 0 Å². The second-order valence-corrected chi connectivity index (χ2v) is 18.3. The molecule has 4 rings (SSSR count). The number of esters is 1. The first-order chi connectivity index (χ1) is 32.4. The number of likely N-dealkylation sites (tertiary alicyclic amines) is 1. The number of Topliss-reactive ketones (excluding diaryl/α,β-unsaturated/α-hetero) is 1. The Labute approximate surface area is 437 Å². The molecule has 7 N–H and O–H groups in total. The maximum Gasteiger partial charge on any atom is 0.326 e. The summed E-state index contributed by atoms with van der Waals surface area (Å²) in [5.74, 6) is -4.80. The zero-order valence-electron chi connectivity index (χ0n) is 38.9. The summed E-state index contributed by atoms with van der Waals surface area (Å²) in [7, 11) is 0. The number of carbonyl (C=O) groups is 10. The van der Waals surface area contributed by atoms with Gasteiger partial charge >= 0.3 is 23.9 Å². The summed E-state index contributed by atoms with van der Waals surface area (Å²) < 4.78 is 5.47. The number of carbonyl (C=O) groups excluding carboxylic acids is 7. The van der Waals surface area contributed by atoms with E-state index < -0.39 is 53.7 Å². The van der Waals surface area contributed by atoms with Crippen molar-refractivity contribution in [3.05, 3.63) is 36.1 Å². The number of nitrogens with zero attached hydrogens (tertiary/aromatic N) is 5. The Morgan fingerprint density at radius 3 is 2.03 bits per heavy atom. The molecule has 3 fully saturated rings. The number of carboxylic acid groups (broad SMARTS) is 3. The van der Waals surface area contributed by atoms with Crippen molar-refractivity contribution < 1.29 is 108 Å². The van der Waals surface area contributed by atoms with Crippen LogP contribution < -0.4 is 21.3 Å². The number of imide groups is 1. The van der Waals surface area contributed by atoms with E-state index >= 15 is 0 Å². The van der Waals surface area contributed by atoms with Gasteiger partial charge in [-0.05, 0) is 61.4 Å². The van der Waals surface area contributed by atoms with Gasteiger partial charge in [0.15, 0.2) is 5.78 Å². The van der Waals surface area contributed by atoms with E-state index in [2.05, 4.69) is 21.3 Å². The van der Waals surface area contributed by atoms with Gasteiger partial charge in [-0.3, -0.25) is 53.1 Å². The summed E-state index contributed by atoms with van der Waals surface area (Å²) in [5, 5.41) is 39.3. The second kappa shape index (κ2) is 30.4. The van der Waals surface area contributed by atoms with Crippen LogP contribution in [0.5, 0.6) is 0 Å². The van der Waals surface area contributed by atoms with Gasteiger partial charge in [0, 0.05) is 117 Å².